The molecule has 0 aliphatic rings. The van der Waals surface area contributed by atoms with Crippen molar-refractivity contribution in [2.75, 3.05) is 12.4 Å². The number of aromatic amines is 1. The lowest BCUT2D eigenvalue weighted by atomic mass is 10.1. The van der Waals surface area contributed by atoms with Gasteiger partial charge in [-0.25, -0.2) is 4.98 Å². The zero-order chi connectivity index (χ0) is 15.8. The first kappa shape index (κ1) is 16.1. The quantitative estimate of drug-likeness (QED) is 0.572. The summed E-state index contributed by atoms with van der Waals surface area (Å²) in [5.41, 5.74) is 5.68. The number of anilines is 2. The number of ether oxygens (including phenoxy) is 1. The van der Waals surface area contributed by atoms with Gasteiger partial charge >= 0.3 is 0 Å². The minimum absolute atomic E-state index is 0. The fraction of sp³-hybridized carbons (Fsp3) is 0.111. The predicted molar refractivity (Wildman–Crippen MR) is 99.7 cm³/mol. The molecule has 0 radical (unpaired) electrons. The Morgan fingerprint density at radius 3 is 2.67 bits per heavy atom. The fourth-order valence-corrected chi connectivity index (χ4v) is 2.86. The van der Waals surface area contributed by atoms with Crippen molar-refractivity contribution in [3.63, 3.8) is 0 Å². The monoisotopic (exact) mass is 340 g/mol. The van der Waals surface area contributed by atoms with E-state index in [9.17, 15) is 0 Å². The van der Waals surface area contributed by atoms with E-state index in [1.54, 1.807) is 13.4 Å². The number of H-pyrrole nitrogens is 1. The third-order valence-electron chi connectivity index (χ3n) is 3.87. The number of imidazole rings is 1. The summed E-state index contributed by atoms with van der Waals surface area (Å²) in [4.78, 5) is 12.2. The SMILES string of the molecule is COc1ccccc1Nc1cc(C)nc2ccc3nc[nH]c3c12.Cl. The van der Waals surface area contributed by atoms with E-state index in [1.165, 1.54) is 0 Å². The first-order chi connectivity index (χ1) is 11.3. The van der Waals surface area contributed by atoms with E-state index in [1.807, 2.05) is 49.4 Å². The normalized spacial score (nSPS) is 10.6. The summed E-state index contributed by atoms with van der Waals surface area (Å²) in [6.45, 7) is 1.99. The van der Waals surface area contributed by atoms with Crippen LogP contribution >= 0.6 is 12.4 Å². The summed E-state index contributed by atoms with van der Waals surface area (Å²) in [6, 6.07) is 13.9. The zero-order valence-corrected chi connectivity index (χ0v) is 14.1. The molecule has 0 fully saturated rings. The van der Waals surface area contributed by atoms with Crippen molar-refractivity contribution >= 4 is 45.7 Å². The smallest absolute Gasteiger partial charge is 0.142 e. The highest BCUT2D eigenvalue weighted by molar-refractivity contribution is 6.10. The summed E-state index contributed by atoms with van der Waals surface area (Å²) in [7, 11) is 1.67. The van der Waals surface area contributed by atoms with Gasteiger partial charge in [0.2, 0.25) is 0 Å². The number of fused-ring (bicyclic) bond motifs is 3. The molecule has 0 aliphatic carbocycles. The molecule has 0 amide bonds. The van der Waals surface area contributed by atoms with Crippen molar-refractivity contribution in [1.29, 1.82) is 0 Å². The molecule has 2 N–H and O–H groups in total. The molecule has 4 rings (SSSR count). The molecular formula is C18H17ClN4O. The molecule has 5 nitrogen and oxygen atoms in total. The van der Waals surface area contributed by atoms with Gasteiger partial charge in [-0.3, -0.25) is 4.98 Å². The first-order valence-corrected chi connectivity index (χ1v) is 7.40. The van der Waals surface area contributed by atoms with Crippen LogP contribution in [0.5, 0.6) is 5.75 Å². The lowest BCUT2D eigenvalue weighted by molar-refractivity contribution is 0.417. The number of nitrogens with zero attached hydrogens (tertiary/aromatic N) is 2. The molecule has 24 heavy (non-hydrogen) atoms. The molecule has 0 saturated carbocycles. The number of benzene rings is 2. The van der Waals surface area contributed by atoms with Crippen molar-refractivity contribution in [1.82, 2.24) is 15.0 Å². The third kappa shape index (κ3) is 2.63. The molecule has 0 saturated heterocycles. The van der Waals surface area contributed by atoms with Crippen LogP contribution in [-0.2, 0) is 0 Å². The van der Waals surface area contributed by atoms with Crippen LogP contribution in [0.4, 0.5) is 11.4 Å². The maximum absolute atomic E-state index is 5.43. The van der Waals surface area contributed by atoms with Crippen LogP contribution in [0.2, 0.25) is 0 Å². The number of rotatable bonds is 3. The summed E-state index contributed by atoms with van der Waals surface area (Å²) in [5, 5.41) is 4.50. The number of pyridine rings is 1. The second-order valence-corrected chi connectivity index (χ2v) is 5.39. The van der Waals surface area contributed by atoms with Crippen molar-refractivity contribution < 1.29 is 4.74 Å². The topological polar surface area (TPSA) is 62.8 Å². The Kier molecular flexibility index (Phi) is 4.27. The van der Waals surface area contributed by atoms with E-state index < -0.39 is 0 Å². The highest BCUT2D eigenvalue weighted by Gasteiger charge is 2.11. The third-order valence-corrected chi connectivity index (χ3v) is 3.87. The van der Waals surface area contributed by atoms with E-state index in [2.05, 4.69) is 20.3 Å². The highest BCUT2D eigenvalue weighted by atomic mass is 35.5. The molecule has 2 heterocycles. The summed E-state index contributed by atoms with van der Waals surface area (Å²) in [6.07, 6.45) is 1.71. The minimum atomic E-state index is 0. The molecule has 122 valence electrons. The zero-order valence-electron chi connectivity index (χ0n) is 13.3. The van der Waals surface area contributed by atoms with Crippen LogP contribution in [0.3, 0.4) is 0 Å². The molecule has 2 aromatic carbocycles. The molecular weight excluding hydrogens is 324 g/mol. The average molecular weight is 341 g/mol. The Balaban J connectivity index is 0.00000169. The average Bonchev–Trinajstić information content (AvgIpc) is 3.03. The van der Waals surface area contributed by atoms with E-state index in [4.69, 9.17) is 4.74 Å². The highest BCUT2D eigenvalue weighted by Crippen LogP contribution is 2.34. The largest absolute Gasteiger partial charge is 0.495 e. The van der Waals surface area contributed by atoms with Crippen molar-refractivity contribution in [3.05, 3.63) is 54.5 Å². The van der Waals surface area contributed by atoms with Gasteiger partial charge in [0.1, 0.15) is 5.75 Å². The Bertz CT molecular complexity index is 1010. The van der Waals surface area contributed by atoms with Gasteiger partial charge in [-0.15, -0.1) is 12.4 Å². The Morgan fingerprint density at radius 1 is 1.04 bits per heavy atom. The summed E-state index contributed by atoms with van der Waals surface area (Å²) in [5.74, 6) is 0.798. The number of nitrogens with one attached hydrogen (secondary N) is 2. The second kappa shape index (κ2) is 6.37. The van der Waals surface area contributed by atoms with Crippen LogP contribution in [0.25, 0.3) is 21.9 Å². The van der Waals surface area contributed by atoms with E-state index in [-0.39, 0.29) is 12.4 Å². The van der Waals surface area contributed by atoms with Crippen LogP contribution in [0, 0.1) is 6.92 Å². The van der Waals surface area contributed by atoms with Crippen LogP contribution in [-0.4, -0.2) is 22.1 Å². The van der Waals surface area contributed by atoms with Crippen molar-refractivity contribution in [2.45, 2.75) is 6.92 Å². The number of halogens is 1. The van der Waals surface area contributed by atoms with Crippen LogP contribution in [0.15, 0.2) is 48.8 Å². The maximum atomic E-state index is 5.43. The fourth-order valence-electron chi connectivity index (χ4n) is 2.86. The second-order valence-electron chi connectivity index (χ2n) is 5.39. The molecule has 0 atom stereocenters. The Hall–Kier alpha value is -2.79. The lowest BCUT2D eigenvalue weighted by Crippen LogP contribution is -1.97. The van der Waals surface area contributed by atoms with Gasteiger partial charge in [0, 0.05) is 11.1 Å². The van der Waals surface area contributed by atoms with E-state index >= 15 is 0 Å². The van der Waals surface area contributed by atoms with Crippen LogP contribution < -0.4 is 10.1 Å². The Labute approximate surface area is 145 Å². The van der Waals surface area contributed by atoms with Crippen molar-refractivity contribution in [2.24, 2.45) is 0 Å². The molecule has 0 aliphatic heterocycles. The number of hydrogen-bond acceptors (Lipinski definition) is 4. The Morgan fingerprint density at radius 2 is 1.83 bits per heavy atom. The molecule has 4 aromatic rings. The number of hydrogen-bond donors (Lipinski definition) is 2. The summed E-state index contributed by atoms with van der Waals surface area (Å²) < 4.78 is 5.43. The first-order valence-electron chi connectivity index (χ1n) is 7.40. The lowest BCUT2D eigenvalue weighted by Gasteiger charge is -2.14. The minimum Gasteiger partial charge on any atom is -0.495 e. The number of methoxy groups -OCH3 is 1. The van der Waals surface area contributed by atoms with Gasteiger partial charge < -0.3 is 15.0 Å². The predicted octanol–water partition coefficient (Wildman–Crippen LogP) is 4.59. The number of aromatic nitrogens is 3. The maximum Gasteiger partial charge on any atom is 0.142 e. The number of aryl methyl sites for hydroxylation is 1. The van der Waals surface area contributed by atoms with Gasteiger partial charge in [0.25, 0.3) is 0 Å². The van der Waals surface area contributed by atoms with E-state index in [0.29, 0.717) is 0 Å². The van der Waals surface area contributed by atoms with Gasteiger partial charge in [0.05, 0.1) is 41.4 Å². The molecule has 6 heteroatoms. The van der Waals surface area contributed by atoms with Crippen LogP contribution in [0.1, 0.15) is 5.69 Å². The van der Waals surface area contributed by atoms with E-state index in [0.717, 1.165) is 44.8 Å². The van der Waals surface area contributed by atoms with Gasteiger partial charge in [-0.05, 0) is 37.3 Å². The molecule has 0 spiro atoms. The van der Waals surface area contributed by atoms with Gasteiger partial charge in [0.15, 0.2) is 0 Å². The van der Waals surface area contributed by atoms with Gasteiger partial charge in [-0.2, -0.15) is 0 Å². The standard InChI is InChI=1S/C18H16N4O.ClH/c1-11-9-15(22-12-5-3-4-6-16(12)23-2)17-13(21-11)7-8-14-18(17)20-10-19-14;/h3-10H,1-2H3,(H,19,20)(H,21,22);1H. The van der Waals surface area contributed by atoms with Gasteiger partial charge in [-0.1, -0.05) is 12.1 Å². The van der Waals surface area contributed by atoms with Crippen molar-refractivity contribution in [3.8, 4) is 5.75 Å². The molecule has 0 unspecified atom stereocenters. The number of para-hydroxylation sites is 2. The molecule has 0 bridgehead atoms. The summed E-state index contributed by atoms with van der Waals surface area (Å²) >= 11 is 0. The molecule has 2 aromatic heterocycles.